The van der Waals surface area contributed by atoms with Crippen LogP contribution in [0, 0.1) is 0 Å². The van der Waals surface area contributed by atoms with Crippen molar-refractivity contribution in [2.24, 2.45) is 0 Å². The molecule has 0 N–H and O–H groups in total. The second-order valence-electron chi connectivity index (χ2n) is 11.6. The SMILES string of the molecule is c1ccc2c(-c3cc4c(c5ccccc35)Oc3cccc5cccc-4c35)c3c4ccccc4c4ccccc4c3cc2c1. The van der Waals surface area contributed by atoms with Crippen molar-refractivity contribution in [3.63, 3.8) is 0 Å². The van der Waals surface area contributed by atoms with Crippen molar-refractivity contribution in [2.45, 2.75) is 0 Å². The van der Waals surface area contributed by atoms with Crippen molar-refractivity contribution >= 4 is 64.6 Å². The second-order valence-corrected chi connectivity index (χ2v) is 11.6. The molecule has 1 heterocycles. The van der Waals surface area contributed by atoms with Crippen LogP contribution in [0.4, 0.5) is 0 Å². The fourth-order valence-electron chi connectivity index (χ4n) is 7.60. The second kappa shape index (κ2) is 8.44. The van der Waals surface area contributed by atoms with Gasteiger partial charge in [0.2, 0.25) is 0 Å². The molecule has 0 aromatic heterocycles. The van der Waals surface area contributed by atoms with E-state index in [1.54, 1.807) is 0 Å². The number of fused-ring (bicyclic) bond motifs is 11. The molecule has 9 aromatic carbocycles. The summed E-state index contributed by atoms with van der Waals surface area (Å²) in [6.45, 7) is 0. The van der Waals surface area contributed by atoms with E-state index < -0.39 is 0 Å². The fourth-order valence-corrected chi connectivity index (χ4v) is 7.60. The van der Waals surface area contributed by atoms with E-state index in [0.29, 0.717) is 0 Å². The lowest BCUT2D eigenvalue weighted by Gasteiger charge is -2.25. The topological polar surface area (TPSA) is 9.23 Å². The lowest BCUT2D eigenvalue weighted by atomic mass is 9.83. The summed E-state index contributed by atoms with van der Waals surface area (Å²) in [5.41, 5.74) is 4.88. The van der Waals surface area contributed by atoms with Crippen LogP contribution < -0.4 is 4.74 Å². The number of benzene rings is 9. The Balaban J connectivity index is 1.46. The molecule has 0 aliphatic carbocycles. The lowest BCUT2D eigenvalue weighted by molar-refractivity contribution is 0.493. The first-order valence-corrected chi connectivity index (χ1v) is 14.9. The highest BCUT2D eigenvalue weighted by Gasteiger charge is 2.25. The van der Waals surface area contributed by atoms with Gasteiger partial charge in [-0.05, 0) is 88.8 Å². The zero-order chi connectivity index (χ0) is 28.1. The number of hydrogen-bond acceptors (Lipinski definition) is 1. The first kappa shape index (κ1) is 23.0. The van der Waals surface area contributed by atoms with Gasteiger partial charge in [-0.2, -0.15) is 0 Å². The number of hydrogen-bond donors (Lipinski definition) is 0. The molecule has 10 rings (SSSR count). The predicted molar refractivity (Wildman–Crippen MR) is 182 cm³/mol. The number of rotatable bonds is 1. The Morgan fingerprint density at radius 2 is 0.907 bits per heavy atom. The van der Waals surface area contributed by atoms with Gasteiger partial charge in [0.15, 0.2) is 0 Å². The third-order valence-electron chi connectivity index (χ3n) is 9.39. The van der Waals surface area contributed by atoms with Crippen LogP contribution in [0.25, 0.3) is 86.9 Å². The number of ether oxygens (including phenoxy) is 1. The molecule has 0 saturated carbocycles. The maximum atomic E-state index is 6.76. The lowest BCUT2D eigenvalue weighted by Crippen LogP contribution is -1.99. The fraction of sp³-hybridized carbons (Fsp3) is 0. The molecule has 0 bridgehead atoms. The van der Waals surface area contributed by atoms with Crippen LogP contribution >= 0.6 is 0 Å². The molecule has 1 heteroatoms. The van der Waals surface area contributed by atoms with Gasteiger partial charge >= 0.3 is 0 Å². The van der Waals surface area contributed by atoms with Crippen molar-refractivity contribution in [3.8, 4) is 33.8 Å². The van der Waals surface area contributed by atoms with E-state index in [1.165, 1.54) is 75.9 Å². The van der Waals surface area contributed by atoms with Crippen molar-refractivity contribution in [3.05, 3.63) is 146 Å². The quantitative estimate of drug-likeness (QED) is 0.147. The molecule has 1 nitrogen and oxygen atoms in total. The standard InChI is InChI=1S/C42H24O/c1-2-14-27-26(11-1)23-35-30-17-4-3-15-28(30)29-16-5-7-19-32(29)41(35)40(27)36-24-37-33-21-9-12-25-13-10-22-38(39(25)33)43-42(37)34-20-8-6-18-31(34)36/h1-24H. The minimum absolute atomic E-state index is 0.923. The maximum absolute atomic E-state index is 6.76. The largest absolute Gasteiger partial charge is 0.455 e. The summed E-state index contributed by atoms with van der Waals surface area (Å²) in [7, 11) is 0. The van der Waals surface area contributed by atoms with E-state index in [4.69, 9.17) is 4.74 Å². The van der Waals surface area contributed by atoms with Crippen LogP contribution in [0.15, 0.2) is 146 Å². The van der Waals surface area contributed by atoms with Crippen LogP contribution in [0.2, 0.25) is 0 Å². The molecule has 0 amide bonds. The van der Waals surface area contributed by atoms with Gasteiger partial charge in [0.25, 0.3) is 0 Å². The normalized spacial score (nSPS) is 12.4. The van der Waals surface area contributed by atoms with E-state index >= 15 is 0 Å². The summed E-state index contributed by atoms with van der Waals surface area (Å²) in [6, 6.07) is 53.1. The van der Waals surface area contributed by atoms with Gasteiger partial charge in [0.05, 0.1) is 0 Å². The zero-order valence-corrected chi connectivity index (χ0v) is 23.3. The van der Waals surface area contributed by atoms with Gasteiger partial charge in [-0.15, -0.1) is 0 Å². The van der Waals surface area contributed by atoms with Gasteiger partial charge in [0, 0.05) is 16.3 Å². The minimum Gasteiger partial charge on any atom is -0.455 e. The smallest absolute Gasteiger partial charge is 0.143 e. The van der Waals surface area contributed by atoms with E-state index in [2.05, 4.69) is 146 Å². The Hall–Kier alpha value is -5.66. The summed E-state index contributed by atoms with van der Waals surface area (Å²) in [4.78, 5) is 0. The molecule has 0 spiro atoms. The van der Waals surface area contributed by atoms with Crippen LogP contribution in [0.3, 0.4) is 0 Å². The van der Waals surface area contributed by atoms with Crippen molar-refractivity contribution in [1.29, 1.82) is 0 Å². The average molecular weight is 545 g/mol. The summed E-state index contributed by atoms with van der Waals surface area (Å²) < 4.78 is 6.76. The Labute approximate surface area is 248 Å². The molecule has 43 heavy (non-hydrogen) atoms. The summed E-state index contributed by atoms with van der Waals surface area (Å²) in [5.74, 6) is 1.86. The molecule has 0 atom stereocenters. The van der Waals surface area contributed by atoms with Gasteiger partial charge < -0.3 is 4.74 Å². The highest BCUT2D eigenvalue weighted by atomic mass is 16.5. The van der Waals surface area contributed by atoms with Crippen LogP contribution in [-0.2, 0) is 0 Å². The van der Waals surface area contributed by atoms with E-state index in [0.717, 1.165) is 22.4 Å². The van der Waals surface area contributed by atoms with Gasteiger partial charge in [0.1, 0.15) is 11.5 Å². The zero-order valence-electron chi connectivity index (χ0n) is 23.3. The molecule has 9 aromatic rings. The van der Waals surface area contributed by atoms with Gasteiger partial charge in [-0.3, -0.25) is 0 Å². The molecule has 1 aliphatic rings. The molecule has 0 fully saturated rings. The molecular formula is C42H24O. The van der Waals surface area contributed by atoms with E-state index in [1.807, 2.05) is 0 Å². The first-order valence-electron chi connectivity index (χ1n) is 14.9. The third kappa shape index (κ3) is 3.06. The summed E-state index contributed by atoms with van der Waals surface area (Å²) >= 11 is 0. The highest BCUT2D eigenvalue weighted by Crippen LogP contribution is 2.53. The molecule has 198 valence electrons. The summed E-state index contributed by atoms with van der Waals surface area (Å²) in [6.07, 6.45) is 0. The first-order chi connectivity index (χ1) is 21.3. The van der Waals surface area contributed by atoms with Crippen LogP contribution in [0.1, 0.15) is 0 Å². The van der Waals surface area contributed by atoms with Crippen molar-refractivity contribution in [2.75, 3.05) is 0 Å². The molecule has 0 unspecified atom stereocenters. The maximum Gasteiger partial charge on any atom is 0.143 e. The highest BCUT2D eigenvalue weighted by molar-refractivity contribution is 6.33. The summed E-state index contributed by atoms with van der Waals surface area (Å²) in [5, 5.41) is 14.9. The Morgan fingerprint density at radius 3 is 1.70 bits per heavy atom. The van der Waals surface area contributed by atoms with Gasteiger partial charge in [-0.25, -0.2) is 0 Å². The Bertz CT molecular complexity index is 2640. The predicted octanol–water partition coefficient (Wildman–Crippen LogP) is 12.0. The third-order valence-corrected chi connectivity index (χ3v) is 9.39. The molecule has 0 radical (unpaired) electrons. The van der Waals surface area contributed by atoms with E-state index in [-0.39, 0.29) is 0 Å². The van der Waals surface area contributed by atoms with Crippen LogP contribution in [0.5, 0.6) is 11.5 Å². The van der Waals surface area contributed by atoms with E-state index in [9.17, 15) is 0 Å². The molecular weight excluding hydrogens is 520 g/mol. The molecule has 1 aliphatic heterocycles. The van der Waals surface area contributed by atoms with Crippen molar-refractivity contribution in [1.82, 2.24) is 0 Å². The van der Waals surface area contributed by atoms with Gasteiger partial charge in [-0.1, -0.05) is 127 Å². The Morgan fingerprint density at radius 1 is 0.326 bits per heavy atom. The molecule has 0 saturated heterocycles. The Kier molecular flexibility index (Phi) is 4.51. The van der Waals surface area contributed by atoms with Crippen LogP contribution in [-0.4, -0.2) is 0 Å². The van der Waals surface area contributed by atoms with Crippen molar-refractivity contribution < 1.29 is 4.74 Å². The monoisotopic (exact) mass is 544 g/mol. The minimum atomic E-state index is 0.923. The average Bonchev–Trinajstić information content (AvgIpc) is 3.07.